The summed E-state index contributed by atoms with van der Waals surface area (Å²) in [7, 11) is 0. The van der Waals surface area contributed by atoms with E-state index >= 15 is 0 Å². The van der Waals surface area contributed by atoms with Crippen molar-refractivity contribution in [2.75, 3.05) is 5.73 Å². The second-order valence-corrected chi connectivity index (χ2v) is 4.76. The van der Waals surface area contributed by atoms with Crippen LogP contribution in [0.15, 0.2) is 22.7 Å². The number of anilines is 1. The highest BCUT2D eigenvalue weighted by Crippen LogP contribution is 2.34. The second kappa shape index (κ2) is 4.24. The number of nitrogens with two attached hydrogens (primary N) is 1. The van der Waals surface area contributed by atoms with E-state index in [0.717, 1.165) is 16.8 Å². The first-order valence-electron chi connectivity index (χ1n) is 5.83. The highest BCUT2D eigenvalue weighted by Gasteiger charge is 2.18. The van der Waals surface area contributed by atoms with Crippen LogP contribution in [0.5, 0.6) is 0 Å². The topological polar surface area (TPSA) is 52.0 Å². The van der Waals surface area contributed by atoms with Crippen LogP contribution in [-0.4, -0.2) is 5.16 Å². The lowest BCUT2D eigenvalue weighted by atomic mass is 9.96. The fraction of sp³-hybridized carbons (Fsp3) is 0.357. The molecule has 1 heterocycles. The van der Waals surface area contributed by atoms with Crippen LogP contribution in [0, 0.1) is 13.8 Å². The van der Waals surface area contributed by atoms with Gasteiger partial charge in [0.15, 0.2) is 0 Å². The first-order valence-corrected chi connectivity index (χ1v) is 5.83. The maximum Gasteiger partial charge on any atom is 0.230 e. The highest BCUT2D eigenvalue weighted by molar-refractivity contribution is 5.76. The number of rotatable bonds is 2. The molecule has 0 radical (unpaired) electrons. The average Bonchev–Trinajstić information content (AvgIpc) is 2.64. The fourth-order valence-corrected chi connectivity index (χ4v) is 1.90. The normalized spacial score (nSPS) is 11.1. The first-order chi connectivity index (χ1) is 8.00. The molecule has 0 aliphatic heterocycles. The molecule has 3 heteroatoms. The second-order valence-electron chi connectivity index (χ2n) is 4.76. The van der Waals surface area contributed by atoms with Crippen molar-refractivity contribution < 1.29 is 4.52 Å². The van der Waals surface area contributed by atoms with Gasteiger partial charge in [-0.2, -0.15) is 0 Å². The Morgan fingerprint density at radius 2 is 1.88 bits per heavy atom. The van der Waals surface area contributed by atoms with Gasteiger partial charge in [-0.15, -0.1) is 0 Å². The Morgan fingerprint density at radius 1 is 1.18 bits per heavy atom. The molecule has 0 saturated carbocycles. The first kappa shape index (κ1) is 11.7. The average molecular weight is 230 g/mol. The summed E-state index contributed by atoms with van der Waals surface area (Å²) in [5, 5.41) is 4.04. The maximum absolute atomic E-state index is 5.87. The van der Waals surface area contributed by atoms with Gasteiger partial charge < -0.3 is 10.3 Å². The number of nitrogen functional groups attached to an aromatic ring is 1. The summed E-state index contributed by atoms with van der Waals surface area (Å²) in [4.78, 5) is 0. The molecule has 0 amide bonds. The van der Waals surface area contributed by atoms with E-state index in [9.17, 15) is 0 Å². The van der Waals surface area contributed by atoms with Gasteiger partial charge in [0.25, 0.3) is 0 Å². The summed E-state index contributed by atoms with van der Waals surface area (Å²) in [5.74, 6) is 0.699. The lowest BCUT2D eigenvalue weighted by Gasteiger charge is -2.07. The summed E-state index contributed by atoms with van der Waals surface area (Å²) < 4.78 is 5.11. The summed E-state index contributed by atoms with van der Waals surface area (Å²) in [6.07, 6.45) is 0. The Hall–Kier alpha value is -1.77. The van der Waals surface area contributed by atoms with Crippen molar-refractivity contribution >= 4 is 5.88 Å². The Morgan fingerprint density at radius 3 is 2.47 bits per heavy atom. The molecule has 90 valence electrons. The number of benzene rings is 1. The van der Waals surface area contributed by atoms with Crippen molar-refractivity contribution in [2.45, 2.75) is 33.6 Å². The van der Waals surface area contributed by atoms with Crippen molar-refractivity contribution in [3.63, 3.8) is 0 Å². The monoisotopic (exact) mass is 230 g/mol. The molecule has 0 bridgehead atoms. The fourth-order valence-electron chi connectivity index (χ4n) is 1.90. The van der Waals surface area contributed by atoms with Gasteiger partial charge in [-0.05, 0) is 36.5 Å². The summed E-state index contributed by atoms with van der Waals surface area (Å²) >= 11 is 0. The van der Waals surface area contributed by atoms with E-state index in [1.54, 1.807) is 0 Å². The minimum atomic E-state index is 0.299. The zero-order valence-electron chi connectivity index (χ0n) is 10.7. The molecular weight excluding hydrogens is 212 g/mol. The number of hydrogen-bond acceptors (Lipinski definition) is 3. The molecular formula is C14H18N2O. The molecule has 1 aromatic carbocycles. The van der Waals surface area contributed by atoms with Crippen molar-refractivity contribution in [1.29, 1.82) is 0 Å². The van der Waals surface area contributed by atoms with Crippen molar-refractivity contribution in [3.05, 3.63) is 35.0 Å². The van der Waals surface area contributed by atoms with Crippen LogP contribution in [0.2, 0.25) is 0 Å². The summed E-state index contributed by atoms with van der Waals surface area (Å²) in [6.45, 7) is 8.36. The molecule has 0 unspecified atom stereocenters. The third kappa shape index (κ3) is 2.05. The number of aromatic nitrogens is 1. The van der Waals surface area contributed by atoms with E-state index in [0.29, 0.717) is 11.8 Å². The minimum absolute atomic E-state index is 0.299. The lowest BCUT2D eigenvalue weighted by molar-refractivity contribution is 0.424. The quantitative estimate of drug-likeness (QED) is 0.856. The van der Waals surface area contributed by atoms with Gasteiger partial charge in [-0.3, -0.25) is 0 Å². The van der Waals surface area contributed by atoms with Crippen molar-refractivity contribution in [3.8, 4) is 11.1 Å². The third-order valence-electron chi connectivity index (χ3n) is 3.09. The van der Waals surface area contributed by atoms with Gasteiger partial charge >= 0.3 is 0 Å². The van der Waals surface area contributed by atoms with Crippen LogP contribution in [-0.2, 0) is 0 Å². The van der Waals surface area contributed by atoms with E-state index in [1.807, 2.05) is 0 Å². The van der Waals surface area contributed by atoms with Gasteiger partial charge in [0.1, 0.15) is 0 Å². The van der Waals surface area contributed by atoms with Crippen LogP contribution in [0.1, 0.15) is 36.6 Å². The van der Waals surface area contributed by atoms with Crippen molar-refractivity contribution in [1.82, 2.24) is 5.16 Å². The predicted octanol–water partition coefficient (Wildman–Crippen LogP) is 3.66. The molecule has 0 aliphatic carbocycles. The minimum Gasteiger partial charge on any atom is -0.367 e. The van der Waals surface area contributed by atoms with Gasteiger partial charge in [-0.1, -0.05) is 37.2 Å². The highest BCUT2D eigenvalue weighted by atomic mass is 16.5. The van der Waals surface area contributed by atoms with Crippen molar-refractivity contribution in [2.24, 2.45) is 0 Å². The molecule has 0 atom stereocenters. The summed E-state index contributed by atoms with van der Waals surface area (Å²) in [5.41, 5.74) is 11.3. The molecule has 3 nitrogen and oxygen atoms in total. The van der Waals surface area contributed by atoms with E-state index in [1.165, 1.54) is 11.1 Å². The number of hydrogen-bond donors (Lipinski definition) is 1. The molecule has 2 N–H and O–H groups in total. The Labute approximate surface area is 102 Å². The number of aryl methyl sites for hydroxylation is 2. The molecule has 1 aromatic heterocycles. The molecule has 17 heavy (non-hydrogen) atoms. The Bertz CT molecular complexity index is 541. The van der Waals surface area contributed by atoms with Crippen LogP contribution < -0.4 is 5.73 Å². The van der Waals surface area contributed by atoms with E-state index in [4.69, 9.17) is 10.3 Å². The Balaban J connectivity index is 2.59. The third-order valence-corrected chi connectivity index (χ3v) is 3.09. The SMILES string of the molecule is Cc1ccc(-c2c(C(C)C)noc2N)cc1C. The number of nitrogens with zero attached hydrogens (tertiary/aromatic N) is 1. The predicted molar refractivity (Wildman–Crippen MR) is 69.9 cm³/mol. The smallest absolute Gasteiger partial charge is 0.230 e. The zero-order chi connectivity index (χ0) is 12.6. The van der Waals surface area contributed by atoms with Crippen LogP contribution in [0.4, 0.5) is 5.88 Å². The van der Waals surface area contributed by atoms with Gasteiger partial charge in [-0.25, -0.2) is 0 Å². The van der Waals surface area contributed by atoms with E-state index < -0.39 is 0 Å². The van der Waals surface area contributed by atoms with E-state index in [-0.39, 0.29) is 0 Å². The van der Waals surface area contributed by atoms with Crippen LogP contribution in [0.3, 0.4) is 0 Å². The zero-order valence-corrected chi connectivity index (χ0v) is 10.7. The van der Waals surface area contributed by atoms with Gasteiger partial charge in [0.2, 0.25) is 5.88 Å². The largest absolute Gasteiger partial charge is 0.367 e. The Kier molecular flexibility index (Phi) is 2.92. The van der Waals surface area contributed by atoms with Crippen LogP contribution in [0.25, 0.3) is 11.1 Å². The molecule has 0 spiro atoms. The van der Waals surface area contributed by atoms with Crippen LogP contribution >= 0.6 is 0 Å². The molecule has 0 saturated heterocycles. The maximum atomic E-state index is 5.87. The molecule has 0 fully saturated rings. The summed E-state index contributed by atoms with van der Waals surface area (Å²) in [6, 6.07) is 6.29. The van der Waals surface area contributed by atoms with Gasteiger partial charge in [0, 0.05) is 0 Å². The van der Waals surface area contributed by atoms with E-state index in [2.05, 4.69) is 51.1 Å². The van der Waals surface area contributed by atoms with Gasteiger partial charge in [0.05, 0.1) is 11.3 Å². The molecule has 2 aromatic rings. The lowest BCUT2D eigenvalue weighted by Crippen LogP contribution is -1.94. The molecule has 2 rings (SSSR count). The standard InChI is InChI=1S/C14H18N2O/c1-8(2)13-12(14(15)17-16-13)11-6-5-9(3)10(4)7-11/h5-8H,15H2,1-4H3. The molecule has 0 aliphatic rings.